The summed E-state index contributed by atoms with van der Waals surface area (Å²) in [5.41, 5.74) is 9.46. The normalized spacial score (nSPS) is 11.0. The van der Waals surface area contributed by atoms with E-state index in [-0.39, 0.29) is 0 Å². The molecule has 0 saturated carbocycles. The average molecular weight is 280 g/mol. The van der Waals surface area contributed by atoms with Crippen LogP contribution in [0.1, 0.15) is 18.2 Å². The molecule has 0 aliphatic heterocycles. The Morgan fingerprint density at radius 2 is 1.86 bits per heavy atom. The third kappa shape index (κ3) is 2.65. The average Bonchev–Trinajstić information content (AvgIpc) is 2.91. The number of hydrogen-bond donors (Lipinski definition) is 1. The molecule has 21 heavy (non-hydrogen) atoms. The summed E-state index contributed by atoms with van der Waals surface area (Å²) < 4.78 is 8.18. The van der Waals surface area contributed by atoms with Gasteiger partial charge >= 0.3 is 0 Å². The molecule has 1 heterocycles. The van der Waals surface area contributed by atoms with E-state index in [0.717, 1.165) is 12.3 Å². The molecule has 108 valence electrons. The number of para-hydroxylation sites is 2. The molecule has 0 unspecified atom stereocenters. The molecular formula is C18H20N2O. The lowest BCUT2D eigenvalue weighted by molar-refractivity contribution is 0.296. The monoisotopic (exact) mass is 280 g/mol. The van der Waals surface area contributed by atoms with Crippen molar-refractivity contribution in [2.75, 3.05) is 0 Å². The van der Waals surface area contributed by atoms with E-state index in [9.17, 15) is 0 Å². The quantitative estimate of drug-likeness (QED) is 0.774. The Labute approximate surface area is 125 Å². The van der Waals surface area contributed by atoms with Crippen LogP contribution in [0.2, 0.25) is 0 Å². The van der Waals surface area contributed by atoms with Crippen molar-refractivity contribution in [1.82, 2.24) is 4.57 Å². The zero-order chi connectivity index (χ0) is 14.7. The Kier molecular flexibility index (Phi) is 3.93. The highest BCUT2D eigenvalue weighted by molar-refractivity contribution is 5.84. The molecule has 0 atom stereocenters. The summed E-state index contributed by atoms with van der Waals surface area (Å²) in [4.78, 5) is 0. The van der Waals surface area contributed by atoms with Crippen molar-refractivity contribution in [3.63, 3.8) is 0 Å². The van der Waals surface area contributed by atoms with E-state index >= 15 is 0 Å². The van der Waals surface area contributed by atoms with Crippen LogP contribution >= 0.6 is 0 Å². The second-order valence-electron chi connectivity index (χ2n) is 5.04. The van der Waals surface area contributed by atoms with Gasteiger partial charge in [-0.15, -0.1) is 0 Å². The molecule has 0 aliphatic carbocycles. The molecule has 0 amide bonds. The van der Waals surface area contributed by atoms with Crippen LogP contribution in [0, 0.1) is 0 Å². The number of benzene rings is 2. The molecular weight excluding hydrogens is 260 g/mol. The molecule has 1 aromatic heterocycles. The van der Waals surface area contributed by atoms with Gasteiger partial charge in [0.1, 0.15) is 12.4 Å². The number of ether oxygens (including phenoxy) is 1. The molecule has 0 bridgehead atoms. The van der Waals surface area contributed by atoms with Gasteiger partial charge in [0.05, 0.1) is 11.2 Å². The summed E-state index contributed by atoms with van der Waals surface area (Å²) >= 11 is 0. The topological polar surface area (TPSA) is 40.2 Å². The van der Waals surface area contributed by atoms with Gasteiger partial charge in [-0.25, -0.2) is 0 Å². The van der Waals surface area contributed by atoms with Crippen LogP contribution in [0.4, 0.5) is 0 Å². The third-order valence-corrected chi connectivity index (χ3v) is 3.76. The van der Waals surface area contributed by atoms with Crippen LogP contribution in [-0.4, -0.2) is 4.57 Å². The molecule has 3 aromatic rings. The highest BCUT2D eigenvalue weighted by atomic mass is 16.5. The summed E-state index contributed by atoms with van der Waals surface area (Å²) in [6, 6.07) is 18.4. The molecule has 0 radical (unpaired) electrons. The van der Waals surface area contributed by atoms with Crippen LogP contribution in [0.5, 0.6) is 5.75 Å². The van der Waals surface area contributed by atoms with Crippen molar-refractivity contribution in [3.8, 4) is 5.75 Å². The van der Waals surface area contributed by atoms with Gasteiger partial charge in [-0.2, -0.15) is 0 Å². The first-order valence-electron chi connectivity index (χ1n) is 7.31. The zero-order valence-electron chi connectivity index (χ0n) is 12.3. The minimum Gasteiger partial charge on any atom is -0.487 e. The van der Waals surface area contributed by atoms with Crippen molar-refractivity contribution >= 4 is 10.9 Å². The molecule has 3 heteroatoms. The number of aromatic nitrogens is 1. The Morgan fingerprint density at radius 1 is 1.05 bits per heavy atom. The summed E-state index contributed by atoms with van der Waals surface area (Å²) in [6.07, 6.45) is 0. The van der Waals surface area contributed by atoms with Crippen molar-refractivity contribution in [1.29, 1.82) is 0 Å². The fourth-order valence-electron chi connectivity index (χ4n) is 2.78. The number of hydrogen-bond acceptors (Lipinski definition) is 2. The first kappa shape index (κ1) is 13.7. The van der Waals surface area contributed by atoms with E-state index in [0.29, 0.717) is 13.2 Å². The lowest BCUT2D eigenvalue weighted by atomic mass is 10.1. The molecule has 0 spiro atoms. The molecule has 0 aliphatic rings. The molecule has 0 fully saturated rings. The Hall–Kier alpha value is -2.26. The van der Waals surface area contributed by atoms with Crippen LogP contribution in [0.3, 0.4) is 0 Å². The highest BCUT2D eigenvalue weighted by Crippen LogP contribution is 2.24. The van der Waals surface area contributed by atoms with Crippen LogP contribution in [-0.2, 0) is 19.7 Å². The summed E-state index contributed by atoms with van der Waals surface area (Å²) in [5, 5.41) is 1.23. The number of rotatable bonds is 5. The Morgan fingerprint density at radius 3 is 2.57 bits per heavy atom. The highest BCUT2D eigenvalue weighted by Gasteiger charge is 2.11. The standard InChI is InChI=1S/C18H20N2O/c1-2-20-16(13-21-17-9-4-3-5-10-17)11-14-7-6-8-15(12-19)18(14)20/h3-11H,2,12-13,19H2,1H3. The zero-order valence-corrected chi connectivity index (χ0v) is 12.3. The van der Waals surface area contributed by atoms with Gasteiger partial charge in [0.2, 0.25) is 0 Å². The van der Waals surface area contributed by atoms with Crippen LogP contribution < -0.4 is 10.5 Å². The largest absolute Gasteiger partial charge is 0.487 e. The van der Waals surface area contributed by atoms with Crippen LogP contribution in [0.25, 0.3) is 10.9 Å². The Balaban J connectivity index is 1.95. The van der Waals surface area contributed by atoms with Gasteiger partial charge < -0.3 is 15.0 Å². The van der Waals surface area contributed by atoms with Gasteiger partial charge in [-0.3, -0.25) is 0 Å². The van der Waals surface area contributed by atoms with Crippen molar-refractivity contribution in [2.24, 2.45) is 5.73 Å². The maximum atomic E-state index is 5.89. The SMILES string of the molecule is CCn1c(COc2ccccc2)cc2cccc(CN)c21. The molecule has 3 nitrogen and oxygen atoms in total. The molecule has 2 aromatic carbocycles. The summed E-state index contributed by atoms with van der Waals surface area (Å²) in [5.74, 6) is 0.893. The third-order valence-electron chi connectivity index (χ3n) is 3.76. The second kappa shape index (κ2) is 6.02. The smallest absolute Gasteiger partial charge is 0.128 e. The van der Waals surface area contributed by atoms with Crippen molar-refractivity contribution in [3.05, 3.63) is 65.9 Å². The van der Waals surface area contributed by atoms with E-state index in [1.807, 2.05) is 30.3 Å². The van der Waals surface area contributed by atoms with Crippen molar-refractivity contribution in [2.45, 2.75) is 26.6 Å². The lowest BCUT2D eigenvalue weighted by Crippen LogP contribution is -2.07. The summed E-state index contributed by atoms with van der Waals surface area (Å²) in [7, 11) is 0. The Bertz CT molecular complexity index is 732. The second-order valence-corrected chi connectivity index (χ2v) is 5.04. The number of nitrogens with two attached hydrogens (primary N) is 1. The predicted octanol–water partition coefficient (Wildman–Crippen LogP) is 3.70. The van der Waals surface area contributed by atoms with E-state index in [2.05, 4.69) is 35.8 Å². The number of fused-ring (bicyclic) bond motifs is 1. The van der Waals surface area contributed by atoms with Crippen LogP contribution in [0.15, 0.2) is 54.6 Å². The minimum absolute atomic E-state index is 0.556. The van der Waals surface area contributed by atoms with Gasteiger partial charge in [0.25, 0.3) is 0 Å². The molecule has 2 N–H and O–H groups in total. The van der Waals surface area contributed by atoms with Gasteiger partial charge in [-0.1, -0.05) is 36.4 Å². The molecule has 3 rings (SSSR count). The minimum atomic E-state index is 0.556. The molecule has 0 saturated heterocycles. The van der Waals surface area contributed by atoms with Crippen molar-refractivity contribution < 1.29 is 4.74 Å². The first-order chi connectivity index (χ1) is 10.3. The van der Waals surface area contributed by atoms with Gasteiger partial charge in [0, 0.05) is 18.5 Å². The van der Waals surface area contributed by atoms with Gasteiger partial charge in [0.15, 0.2) is 0 Å². The van der Waals surface area contributed by atoms with E-state index in [1.165, 1.54) is 22.2 Å². The maximum absolute atomic E-state index is 5.89. The van der Waals surface area contributed by atoms with E-state index in [1.54, 1.807) is 0 Å². The number of nitrogens with zero attached hydrogens (tertiary/aromatic N) is 1. The number of aryl methyl sites for hydroxylation is 1. The lowest BCUT2D eigenvalue weighted by Gasteiger charge is -2.11. The fraction of sp³-hybridized carbons (Fsp3) is 0.222. The predicted molar refractivity (Wildman–Crippen MR) is 86.3 cm³/mol. The summed E-state index contributed by atoms with van der Waals surface area (Å²) in [6.45, 7) is 4.18. The fourth-order valence-corrected chi connectivity index (χ4v) is 2.78. The first-order valence-corrected chi connectivity index (χ1v) is 7.31. The maximum Gasteiger partial charge on any atom is 0.128 e. The van der Waals surface area contributed by atoms with Gasteiger partial charge in [-0.05, 0) is 30.7 Å². The van der Waals surface area contributed by atoms with E-state index in [4.69, 9.17) is 10.5 Å². The van der Waals surface area contributed by atoms with E-state index < -0.39 is 0 Å².